The van der Waals surface area contributed by atoms with Gasteiger partial charge in [-0.25, -0.2) is 4.79 Å². The fraction of sp³-hybridized carbons (Fsp3) is 0.458. The van der Waals surface area contributed by atoms with Crippen LogP contribution in [0.25, 0.3) is 11.1 Å². The summed E-state index contributed by atoms with van der Waals surface area (Å²) in [6, 6.07) is 18.2. The fourth-order valence-corrected chi connectivity index (χ4v) is 7.49. The van der Waals surface area contributed by atoms with Gasteiger partial charge in [0.2, 0.25) is 0 Å². The zero-order valence-electron chi connectivity index (χ0n) is 18.5. The van der Waals surface area contributed by atoms with Crippen molar-refractivity contribution in [3.05, 3.63) is 60.2 Å². The van der Waals surface area contributed by atoms with Crippen LogP contribution in [-0.2, 0) is 16.6 Å². The lowest BCUT2D eigenvalue weighted by Gasteiger charge is -2.46. The van der Waals surface area contributed by atoms with E-state index < -0.39 is 15.7 Å². The van der Waals surface area contributed by atoms with Gasteiger partial charge in [0, 0.05) is 13.1 Å². The van der Waals surface area contributed by atoms with E-state index in [1.807, 2.05) is 36.1 Å². The van der Waals surface area contributed by atoms with Crippen molar-refractivity contribution in [3.63, 3.8) is 0 Å². The molecule has 3 aliphatic rings. The average Bonchev–Trinajstić information content (AvgIpc) is 3.53. The molecule has 2 N–H and O–H groups in total. The molecule has 8 heteroatoms. The Labute approximate surface area is 190 Å². The number of carbonyl (C=O) groups is 1. The minimum Gasteiger partial charge on any atom is -0.338 e. The SMILES string of the molecule is CCNC(=O)N1CCC[C@@]2(C[N+]3(CC3)S(=O)(=O)N2)[C@@H]1Cc1cccc(-c2ccccc2)c1. The van der Waals surface area contributed by atoms with E-state index in [2.05, 4.69) is 40.4 Å². The lowest BCUT2D eigenvalue weighted by molar-refractivity contribution is -0.659. The third-order valence-electron chi connectivity index (χ3n) is 7.22. The van der Waals surface area contributed by atoms with Gasteiger partial charge >= 0.3 is 16.2 Å². The largest absolute Gasteiger partial charge is 0.371 e. The van der Waals surface area contributed by atoms with Crippen LogP contribution >= 0.6 is 0 Å². The summed E-state index contributed by atoms with van der Waals surface area (Å²) in [7, 11) is -3.43. The lowest BCUT2D eigenvalue weighted by atomic mass is 9.78. The molecule has 3 fully saturated rings. The highest BCUT2D eigenvalue weighted by Crippen LogP contribution is 2.44. The monoisotopic (exact) mass is 455 g/mol. The molecule has 3 saturated heterocycles. The van der Waals surface area contributed by atoms with Crippen molar-refractivity contribution in [2.45, 2.75) is 37.8 Å². The van der Waals surface area contributed by atoms with Gasteiger partial charge in [-0.1, -0.05) is 54.6 Å². The molecule has 3 aliphatic heterocycles. The van der Waals surface area contributed by atoms with Crippen molar-refractivity contribution < 1.29 is 17.1 Å². The number of amides is 2. The highest BCUT2D eigenvalue weighted by molar-refractivity contribution is 7.84. The van der Waals surface area contributed by atoms with Crippen molar-refractivity contribution in [2.24, 2.45) is 0 Å². The highest BCUT2D eigenvalue weighted by Gasteiger charge is 2.69. The van der Waals surface area contributed by atoms with E-state index in [9.17, 15) is 13.2 Å². The van der Waals surface area contributed by atoms with Crippen LogP contribution in [0.1, 0.15) is 25.3 Å². The molecule has 0 unspecified atom stereocenters. The van der Waals surface area contributed by atoms with E-state index in [0.29, 0.717) is 39.1 Å². The van der Waals surface area contributed by atoms with Crippen molar-refractivity contribution >= 4 is 16.2 Å². The third kappa shape index (κ3) is 3.60. The van der Waals surface area contributed by atoms with E-state index in [0.717, 1.165) is 29.5 Å². The number of hydrogen-bond donors (Lipinski definition) is 2. The third-order valence-corrected chi connectivity index (χ3v) is 9.40. The minimum atomic E-state index is -3.43. The zero-order chi connectivity index (χ0) is 22.4. The van der Waals surface area contributed by atoms with Gasteiger partial charge < -0.3 is 10.2 Å². The quantitative estimate of drug-likeness (QED) is 0.549. The fourth-order valence-electron chi connectivity index (χ4n) is 5.52. The number of likely N-dealkylation sites (tertiary alicyclic amines) is 1. The van der Waals surface area contributed by atoms with Gasteiger partial charge in [-0.2, -0.15) is 17.0 Å². The number of carbonyl (C=O) groups excluding carboxylic acids is 1. The molecule has 32 heavy (non-hydrogen) atoms. The lowest BCUT2D eigenvalue weighted by Crippen LogP contribution is -2.66. The number of quaternary nitrogens is 1. The average molecular weight is 456 g/mol. The molecule has 2 aromatic carbocycles. The summed E-state index contributed by atoms with van der Waals surface area (Å²) in [5.74, 6) is 0. The molecule has 170 valence electrons. The van der Waals surface area contributed by atoms with Crippen LogP contribution < -0.4 is 10.0 Å². The summed E-state index contributed by atoms with van der Waals surface area (Å²) in [5, 5.41) is 2.94. The second kappa shape index (κ2) is 7.86. The number of benzene rings is 2. The molecule has 0 aromatic heterocycles. The Morgan fingerprint density at radius 3 is 2.59 bits per heavy atom. The molecule has 2 spiro atoms. The molecule has 0 aliphatic carbocycles. The Balaban J connectivity index is 1.51. The van der Waals surface area contributed by atoms with Crippen LogP contribution in [0.2, 0.25) is 0 Å². The molecular formula is C24H31N4O3S+. The molecular weight excluding hydrogens is 424 g/mol. The Hall–Kier alpha value is -2.42. The number of piperidine rings is 1. The van der Waals surface area contributed by atoms with Crippen LogP contribution in [0.3, 0.4) is 0 Å². The predicted molar refractivity (Wildman–Crippen MR) is 124 cm³/mol. The van der Waals surface area contributed by atoms with Crippen LogP contribution in [0, 0.1) is 0 Å². The van der Waals surface area contributed by atoms with Crippen molar-refractivity contribution in [1.82, 2.24) is 14.9 Å². The second-order valence-corrected chi connectivity index (χ2v) is 11.2. The van der Waals surface area contributed by atoms with E-state index in [-0.39, 0.29) is 16.0 Å². The smallest absolute Gasteiger partial charge is 0.338 e. The number of urea groups is 1. The number of nitrogens with zero attached hydrogens (tertiary/aromatic N) is 2. The molecule has 0 saturated carbocycles. The van der Waals surface area contributed by atoms with E-state index >= 15 is 0 Å². The van der Waals surface area contributed by atoms with Crippen molar-refractivity contribution in [2.75, 3.05) is 32.7 Å². The summed E-state index contributed by atoms with van der Waals surface area (Å²) in [5.41, 5.74) is 2.75. The molecule has 7 nitrogen and oxygen atoms in total. The van der Waals surface area contributed by atoms with Gasteiger partial charge in [0.05, 0.1) is 6.04 Å². The summed E-state index contributed by atoms with van der Waals surface area (Å²) in [6.45, 7) is 4.95. The first-order valence-electron chi connectivity index (χ1n) is 11.5. The van der Waals surface area contributed by atoms with Gasteiger partial charge in [0.15, 0.2) is 0 Å². The van der Waals surface area contributed by atoms with Crippen LogP contribution in [0.15, 0.2) is 54.6 Å². The molecule has 2 amide bonds. The Morgan fingerprint density at radius 1 is 1.16 bits per heavy atom. The number of hydrogen-bond acceptors (Lipinski definition) is 3. The second-order valence-electron chi connectivity index (χ2n) is 9.32. The number of nitrogens with one attached hydrogen (secondary N) is 2. The maximum atomic E-state index is 13.0. The Bertz CT molecular complexity index is 1120. The molecule has 0 bridgehead atoms. The van der Waals surface area contributed by atoms with Crippen molar-refractivity contribution in [1.29, 1.82) is 0 Å². The van der Waals surface area contributed by atoms with Gasteiger partial charge in [-0.3, -0.25) is 0 Å². The number of rotatable bonds is 4. The normalized spacial score (nSPS) is 27.5. The van der Waals surface area contributed by atoms with Gasteiger partial charge in [-0.05, 0) is 42.9 Å². The predicted octanol–water partition coefficient (Wildman–Crippen LogP) is 2.51. The first kappa shape index (κ1) is 21.4. The summed E-state index contributed by atoms with van der Waals surface area (Å²) < 4.78 is 29.2. The summed E-state index contributed by atoms with van der Waals surface area (Å²) in [4.78, 5) is 14.9. The molecule has 5 rings (SSSR count). The topological polar surface area (TPSA) is 78.5 Å². The standard InChI is InChI=1S/C24H30N4O3S/c1-2-25-23(29)27-13-7-12-24(18-28(14-15-28)32(30,31)26-24)22(27)17-19-8-6-11-21(16-19)20-9-4-3-5-10-20/h3-6,8-11,16,22,26H,2,7,12-15,17-18H2,1H3/p+1/t22-,24+/m0/s1. The maximum Gasteiger partial charge on any atom is 0.371 e. The Kier molecular flexibility index (Phi) is 5.27. The van der Waals surface area contributed by atoms with Gasteiger partial charge in [0.1, 0.15) is 25.2 Å². The Morgan fingerprint density at radius 2 is 1.91 bits per heavy atom. The van der Waals surface area contributed by atoms with E-state index in [4.69, 9.17) is 0 Å². The van der Waals surface area contributed by atoms with Crippen LogP contribution in [0.5, 0.6) is 0 Å². The van der Waals surface area contributed by atoms with Crippen molar-refractivity contribution in [3.8, 4) is 11.1 Å². The van der Waals surface area contributed by atoms with Gasteiger partial charge in [-0.15, -0.1) is 0 Å². The molecule has 3 heterocycles. The maximum absolute atomic E-state index is 13.0. The minimum absolute atomic E-state index is 0.112. The first-order chi connectivity index (χ1) is 15.4. The molecule has 2 aromatic rings. The van der Waals surface area contributed by atoms with E-state index in [1.54, 1.807) is 0 Å². The van der Waals surface area contributed by atoms with Crippen LogP contribution in [-0.4, -0.2) is 67.5 Å². The first-order valence-corrected chi connectivity index (χ1v) is 12.9. The summed E-state index contributed by atoms with van der Waals surface area (Å²) in [6.07, 6.45) is 2.16. The molecule has 0 radical (unpaired) electrons. The van der Waals surface area contributed by atoms with E-state index in [1.165, 1.54) is 0 Å². The zero-order valence-corrected chi connectivity index (χ0v) is 19.3. The molecule has 2 atom stereocenters. The van der Waals surface area contributed by atoms with Crippen LogP contribution in [0.4, 0.5) is 4.79 Å². The summed E-state index contributed by atoms with van der Waals surface area (Å²) >= 11 is 0. The van der Waals surface area contributed by atoms with Gasteiger partial charge in [0.25, 0.3) is 0 Å². The highest BCUT2D eigenvalue weighted by atomic mass is 32.2.